The summed E-state index contributed by atoms with van der Waals surface area (Å²) in [7, 11) is 0. The molecule has 0 unspecified atom stereocenters. The van der Waals surface area contributed by atoms with Crippen LogP contribution >= 0.6 is 0 Å². The smallest absolute Gasteiger partial charge is 0.323 e. The monoisotopic (exact) mass is 401 g/mol. The maximum atomic E-state index is 12.6. The summed E-state index contributed by atoms with van der Waals surface area (Å²) in [5, 5.41) is 5.63. The van der Waals surface area contributed by atoms with Crippen LogP contribution in [-0.2, 0) is 5.41 Å². The number of hydrogen-bond donors (Lipinski definition) is 3. The summed E-state index contributed by atoms with van der Waals surface area (Å²) in [6.07, 6.45) is 3.24. The molecule has 0 aliphatic rings. The van der Waals surface area contributed by atoms with E-state index in [0.717, 1.165) is 16.6 Å². The van der Waals surface area contributed by atoms with E-state index in [-0.39, 0.29) is 5.41 Å². The molecule has 0 spiro atoms. The van der Waals surface area contributed by atoms with E-state index in [0.29, 0.717) is 23.0 Å². The molecule has 30 heavy (non-hydrogen) atoms. The molecule has 3 N–H and O–H groups in total. The molecule has 0 bridgehead atoms. The number of benzene rings is 2. The number of H-pyrrole nitrogens is 1. The number of rotatable bonds is 4. The van der Waals surface area contributed by atoms with Crippen LogP contribution in [-0.4, -0.2) is 21.0 Å². The fourth-order valence-electron chi connectivity index (χ4n) is 3.14. The fourth-order valence-corrected chi connectivity index (χ4v) is 3.14. The Bertz CT molecular complexity index is 1190. The molecule has 2 aromatic heterocycles. The summed E-state index contributed by atoms with van der Waals surface area (Å²) in [6.45, 7) is 6.37. The van der Waals surface area contributed by atoms with Gasteiger partial charge < -0.3 is 20.4 Å². The Labute approximate surface area is 174 Å². The zero-order chi connectivity index (χ0) is 21.1. The molecular formula is C23H23N5O2. The van der Waals surface area contributed by atoms with Gasteiger partial charge in [-0.1, -0.05) is 39.0 Å². The first-order valence-corrected chi connectivity index (χ1v) is 9.64. The maximum Gasteiger partial charge on any atom is 0.323 e. The van der Waals surface area contributed by atoms with Gasteiger partial charge in [-0.3, -0.25) is 0 Å². The SMILES string of the molecule is CC(C)(C)c1ccccc1Oc1ncccc1NC(=O)Nc1ccc2nc[nH]c2c1. The van der Waals surface area contributed by atoms with Crippen LogP contribution in [0.25, 0.3) is 11.0 Å². The van der Waals surface area contributed by atoms with Crippen molar-refractivity contribution in [2.24, 2.45) is 0 Å². The maximum absolute atomic E-state index is 12.6. The van der Waals surface area contributed by atoms with Gasteiger partial charge in [0, 0.05) is 17.4 Å². The minimum atomic E-state index is -0.393. The number of aromatic nitrogens is 3. The number of pyridine rings is 1. The van der Waals surface area contributed by atoms with E-state index in [1.807, 2.05) is 36.4 Å². The highest BCUT2D eigenvalue weighted by Gasteiger charge is 2.20. The lowest BCUT2D eigenvalue weighted by atomic mass is 9.86. The second-order valence-electron chi connectivity index (χ2n) is 7.92. The minimum absolute atomic E-state index is 0.0956. The predicted molar refractivity (Wildman–Crippen MR) is 118 cm³/mol. The van der Waals surface area contributed by atoms with Crippen molar-refractivity contribution in [3.8, 4) is 11.6 Å². The molecule has 0 saturated carbocycles. The van der Waals surface area contributed by atoms with E-state index in [1.54, 1.807) is 30.7 Å². The summed E-state index contributed by atoms with van der Waals surface area (Å²) in [5.74, 6) is 1.03. The molecule has 0 aliphatic carbocycles. The number of para-hydroxylation sites is 1. The largest absolute Gasteiger partial charge is 0.437 e. The van der Waals surface area contributed by atoms with Crippen LogP contribution in [0.15, 0.2) is 67.1 Å². The van der Waals surface area contributed by atoms with Crippen molar-refractivity contribution >= 4 is 28.4 Å². The first kappa shape index (κ1) is 19.4. The normalized spacial score (nSPS) is 11.3. The first-order chi connectivity index (χ1) is 14.4. The van der Waals surface area contributed by atoms with Crippen molar-refractivity contribution in [3.63, 3.8) is 0 Å². The quantitative estimate of drug-likeness (QED) is 0.409. The number of ether oxygens (including phenoxy) is 1. The summed E-state index contributed by atoms with van der Waals surface area (Å²) < 4.78 is 6.10. The molecule has 2 heterocycles. The Hall–Kier alpha value is -3.87. The van der Waals surface area contributed by atoms with Gasteiger partial charge in [-0.25, -0.2) is 14.8 Å². The number of fused-ring (bicyclic) bond motifs is 1. The summed E-state index contributed by atoms with van der Waals surface area (Å²) in [6, 6.07) is 16.4. The predicted octanol–water partition coefficient (Wildman–Crippen LogP) is 5.69. The van der Waals surface area contributed by atoms with Crippen LogP contribution in [0.3, 0.4) is 0 Å². The van der Waals surface area contributed by atoms with Gasteiger partial charge in [0.25, 0.3) is 0 Å². The molecule has 7 nitrogen and oxygen atoms in total. The lowest BCUT2D eigenvalue weighted by Crippen LogP contribution is -2.20. The van der Waals surface area contributed by atoms with Crippen molar-refractivity contribution in [2.75, 3.05) is 10.6 Å². The van der Waals surface area contributed by atoms with Crippen molar-refractivity contribution in [1.29, 1.82) is 0 Å². The number of hydrogen-bond acceptors (Lipinski definition) is 4. The van der Waals surface area contributed by atoms with E-state index in [9.17, 15) is 4.79 Å². The van der Waals surface area contributed by atoms with Gasteiger partial charge in [-0.2, -0.15) is 0 Å². The van der Waals surface area contributed by atoms with E-state index in [1.165, 1.54) is 0 Å². The van der Waals surface area contributed by atoms with Crippen LogP contribution in [0.2, 0.25) is 0 Å². The Balaban J connectivity index is 1.53. The Morgan fingerprint density at radius 1 is 1.00 bits per heavy atom. The number of urea groups is 1. The summed E-state index contributed by atoms with van der Waals surface area (Å²) >= 11 is 0. The highest BCUT2D eigenvalue weighted by Crippen LogP contribution is 2.35. The molecule has 0 aliphatic heterocycles. The number of imidazole rings is 1. The Morgan fingerprint density at radius 3 is 2.67 bits per heavy atom. The van der Waals surface area contributed by atoms with Crippen LogP contribution in [0.4, 0.5) is 16.2 Å². The Morgan fingerprint density at radius 2 is 1.83 bits per heavy atom. The van der Waals surface area contributed by atoms with Crippen molar-refractivity contribution in [1.82, 2.24) is 15.0 Å². The van der Waals surface area contributed by atoms with E-state index in [4.69, 9.17) is 4.74 Å². The topological polar surface area (TPSA) is 91.9 Å². The van der Waals surface area contributed by atoms with Gasteiger partial charge >= 0.3 is 6.03 Å². The standard InChI is InChI=1S/C23H23N5O2/c1-23(2,3)16-7-4-5-9-20(16)30-21-18(8-6-12-24-21)28-22(29)27-15-10-11-17-19(13-15)26-14-25-17/h4-14H,1-3H3,(H,25,26)(H2,27,28,29). The van der Waals surface area contributed by atoms with Crippen molar-refractivity contribution in [3.05, 3.63) is 72.7 Å². The molecule has 0 saturated heterocycles. The van der Waals surface area contributed by atoms with Crippen LogP contribution < -0.4 is 15.4 Å². The van der Waals surface area contributed by atoms with E-state index < -0.39 is 6.03 Å². The molecule has 4 rings (SSSR count). The number of carbonyl (C=O) groups is 1. The summed E-state index contributed by atoms with van der Waals surface area (Å²) in [5.41, 5.74) is 3.76. The Kier molecular flexibility index (Phi) is 5.10. The lowest BCUT2D eigenvalue weighted by Gasteiger charge is -2.22. The molecule has 0 radical (unpaired) electrons. The van der Waals surface area contributed by atoms with Crippen molar-refractivity contribution in [2.45, 2.75) is 26.2 Å². The number of aromatic amines is 1. The van der Waals surface area contributed by atoms with Crippen LogP contribution in [0, 0.1) is 0 Å². The lowest BCUT2D eigenvalue weighted by molar-refractivity contribution is 0.262. The number of anilines is 2. The third kappa shape index (κ3) is 4.25. The fraction of sp³-hybridized carbons (Fsp3) is 0.174. The third-order valence-corrected chi connectivity index (χ3v) is 4.60. The summed E-state index contributed by atoms with van der Waals surface area (Å²) in [4.78, 5) is 24.1. The molecule has 2 aromatic carbocycles. The van der Waals surface area contributed by atoms with Gasteiger partial charge in [-0.15, -0.1) is 0 Å². The van der Waals surface area contributed by atoms with Gasteiger partial charge in [-0.05, 0) is 41.8 Å². The average molecular weight is 401 g/mol. The molecule has 7 heteroatoms. The highest BCUT2D eigenvalue weighted by atomic mass is 16.5. The molecule has 0 fully saturated rings. The van der Waals surface area contributed by atoms with E-state index in [2.05, 4.69) is 46.4 Å². The molecule has 0 atom stereocenters. The van der Waals surface area contributed by atoms with Crippen molar-refractivity contribution < 1.29 is 9.53 Å². The third-order valence-electron chi connectivity index (χ3n) is 4.60. The number of nitrogens with zero attached hydrogens (tertiary/aromatic N) is 2. The highest BCUT2D eigenvalue weighted by molar-refractivity contribution is 6.01. The van der Waals surface area contributed by atoms with Gasteiger partial charge in [0.2, 0.25) is 5.88 Å². The molecule has 152 valence electrons. The first-order valence-electron chi connectivity index (χ1n) is 9.64. The molecular weight excluding hydrogens is 378 g/mol. The van der Waals surface area contributed by atoms with Crippen LogP contribution in [0.5, 0.6) is 11.6 Å². The number of amides is 2. The zero-order valence-electron chi connectivity index (χ0n) is 17.1. The minimum Gasteiger partial charge on any atom is -0.437 e. The van der Waals surface area contributed by atoms with Gasteiger partial charge in [0.1, 0.15) is 11.4 Å². The number of carbonyl (C=O) groups excluding carboxylic acids is 1. The second kappa shape index (κ2) is 7.87. The molecule has 4 aromatic rings. The number of nitrogens with one attached hydrogen (secondary N) is 3. The van der Waals surface area contributed by atoms with Gasteiger partial charge in [0.05, 0.1) is 17.4 Å². The van der Waals surface area contributed by atoms with Gasteiger partial charge in [0.15, 0.2) is 0 Å². The average Bonchev–Trinajstić information content (AvgIpc) is 3.17. The second-order valence-corrected chi connectivity index (χ2v) is 7.92. The van der Waals surface area contributed by atoms with E-state index >= 15 is 0 Å². The molecule has 2 amide bonds. The zero-order valence-corrected chi connectivity index (χ0v) is 17.1. The van der Waals surface area contributed by atoms with Crippen LogP contribution in [0.1, 0.15) is 26.3 Å².